The number of nitrogens with zero attached hydrogens (tertiary/aromatic N) is 2. The van der Waals surface area contributed by atoms with Gasteiger partial charge in [0.15, 0.2) is 0 Å². The zero-order valence-corrected chi connectivity index (χ0v) is 12.3. The van der Waals surface area contributed by atoms with Crippen molar-refractivity contribution >= 4 is 22.5 Å². The van der Waals surface area contributed by atoms with E-state index in [9.17, 15) is 23.1 Å². The first-order chi connectivity index (χ1) is 10.8. The lowest BCUT2D eigenvalue weighted by Gasteiger charge is -2.14. The van der Waals surface area contributed by atoms with Crippen molar-refractivity contribution in [1.29, 1.82) is 0 Å². The molecule has 6 nitrogen and oxygen atoms in total. The van der Waals surface area contributed by atoms with E-state index in [1.54, 1.807) is 18.2 Å². The van der Waals surface area contributed by atoms with Crippen molar-refractivity contribution in [2.75, 3.05) is 5.32 Å². The molecule has 0 spiro atoms. The maximum atomic E-state index is 12.4. The lowest BCUT2D eigenvalue weighted by atomic mass is 10.1. The van der Waals surface area contributed by atoms with Gasteiger partial charge >= 0.3 is 12.2 Å². The number of halogens is 3. The lowest BCUT2D eigenvalue weighted by molar-refractivity contribution is -0.138. The van der Waals surface area contributed by atoms with E-state index in [4.69, 9.17) is 0 Å². The van der Waals surface area contributed by atoms with Crippen molar-refractivity contribution in [3.63, 3.8) is 0 Å². The van der Waals surface area contributed by atoms with Gasteiger partial charge in [-0.2, -0.15) is 13.2 Å². The first-order valence-corrected chi connectivity index (χ1v) is 7.45. The number of fused-ring (bicyclic) bond motifs is 1. The smallest absolute Gasteiger partial charge is 0.445 e. The van der Waals surface area contributed by atoms with Crippen LogP contribution in [0.15, 0.2) is 18.2 Å². The second-order valence-corrected chi connectivity index (χ2v) is 5.92. The van der Waals surface area contributed by atoms with E-state index in [1.807, 2.05) is 0 Å². The van der Waals surface area contributed by atoms with E-state index in [2.05, 4.69) is 20.8 Å². The quantitative estimate of drug-likeness (QED) is 0.781. The van der Waals surface area contributed by atoms with Crippen LogP contribution < -0.4 is 10.6 Å². The number of phenols is 1. The highest BCUT2D eigenvalue weighted by Gasteiger charge is 2.36. The van der Waals surface area contributed by atoms with E-state index < -0.39 is 17.2 Å². The average molecular weight is 344 g/mol. The van der Waals surface area contributed by atoms with Gasteiger partial charge in [0.1, 0.15) is 5.75 Å². The van der Waals surface area contributed by atoms with E-state index in [0.29, 0.717) is 12.8 Å². The van der Waals surface area contributed by atoms with Crippen LogP contribution in [0, 0.1) is 0 Å². The number of alkyl halides is 3. The summed E-state index contributed by atoms with van der Waals surface area (Å²) < 4.78 is 37.3. The zero-order valence-electron chi connectivity index (χ0n) is 11.5. The number of amides is 2. The van der Waals surface area contributed by atoms with Crippen LogP contribution in [0.5, 0.6) is 5.75 Å². The monoisotopic (exact) mass is 344 g/mol. The van der Waals surface area contributed by atoms with Crippen LogP contribution >= 0.6 is 11.3 Å². The summed E-state index contributed by atoms with van der Waals surface area (Å²) in [6.45, 7) is 0. The summed E-state index contributed by atoms with van der Waals surface area (Å²) in [5.41, 5.74) is 1.57. The van der Waals surface area contributed by atoms with Crippen molar-refractivity contribution < 1.29 is 23.1 Å². The van der Waals surface area contributed by atoms with Gasteiger partial charge in [-0.25, -0.2) is 4.79 Å². The summed E-state index contributed by atoms with van der Waals surface area (Å²) in [6, 6.07) is 4.05. The second kappa shape index (κ2) is 5.69. The van der Waals surface area contributed by atoms with Gasteiger partial charge in [-0.15, -0.1) is 10.2 Å². The van der Waals surface area contributed by atoms with Crippen molar-refractivity contribution in [1.82, 2.24) is 15.5 Å². The topological polar surface area (TPSA) is 87.1 Å². The number of urea groups is 1. The number of aromatic nitrogens is 2. The van der Waals surface area contributed by atoms with E-state index in [-0.39, 0.29) is 28.3 Å². The molecule has 1 aliphatic carbocycles. The standard InChI is InChI=1S/C13H11F3N4O2S/c14-13(15,16)10-19-20-12(23-10)18-11(22)17-8-5-4-7-6(8)2-1-3-9(7)21/h1-3,8,21H,4-5H2,(H2,17,18,20,22). The minimum absolute atomic E-state index is 0.172. The third kappa shape index (κ3) is 3.21. The summed E-state index contributed by atoms with van der Waals surface area (Å²) in [5, 5.41) is 19.6. The molecule has 0 saturated heterocycles. The van der Waals surface area contributed by atoms with E-state index in [1.165, 1.54) is 0 Å². The molecule has 10 heteroatoms. The maximum absolute atomic E-state index is 12.4. The van der Waals surface area contributed by atoms with Crippen LogP contribution in [0.1, 0.15) is 28.6 Å². The Balaban J connectivity index is 1.65. The number of nitrogens with one attached hydrogen (secondary N) is 2. The molecule has 1 aromatic carbocycles. The first-order valence-electron chi connectivity index (χ1n) is 6.63. The highest BCUT2D eigenvalue weighted by Crippen LogP contribution is 2.36. The highest BCUT2D eigenvalue weighted by molar-refractivity contribution is 7.15. The van der Waals surface area contributed by atoms with E-state index in [0.717, 1.165) is 11.1 Å². The van der Waals surface area contributed by atoms with Gasteiger partial charge in [-0.05, 0) is 30.0 Å². The summed E-state index contributed by atoms with van der Waals surface area (Å²) >= 11 is 0.255. The first kappa shape index (κ1) is 15.5. The van der Waals surface area contributed by atoms with Crippen LogP contribution in [0.2, 0.25) is 0 Å². The molecule has 3 N–H and O–H groups in total. The minimum atomic E-state index is -4.59. The fourth-order valence-electron chi connectivity index (χ4n) is 2.46. The molecule has 1 atom stereocenters. The molecule has 122 valence electrons. The number of carbonyl (C=O) groups is 1. The SMILES string of the molecule is O=C(Nc1nnc(C(F)(F)F)s1)NC1CCc2c(O)cccc21. The number of rotatable bonds is 2. The van der Waals surface area contributed by atoms with Crippen molar-refractivity contribution in [3.8, 4) is 5.75 Å². The Morgan fingerprint density at radius 2 is 2.13 bits per heavy atom. The predicted molar refractivity (Wildman–Crippen MR) is 76.2 cm³/mol. The van der Waals surface area contributed by atoms with Gasteiger partial charge in [0.2, 0.25) is 10.1 Å². The Labute approximate surface area is 132 Å². The van der Waals surface area contributed by atoms with Gasteiger partial charge in [0.25, 0.3) is 0 Å². The zero-order chi connectivity index (χ0) is 16.6. The molecule has 0 aliphatic heterocycles. The predicted octanol–water partition coefficient (Wildman–Crippen LogP) is 3.07. The van der Waals surface area contributed by atoms with Crippen molar-refractivity contribution in [2.24, 2.45) is 0 Å². The number of phenolic OH excluding ortho intramolecular Hbond substituents is 1. The molecule has 3 rings (SSSR count). The third-order valence-electron chi connectivity index (χ3n) is 3.44. The minimum Gasteiger partial charge on any atom is -0.508 e. The third-order valence-corrected chi connectivity index (χ3v) is 4.32. The summed E-state index contributed by atoms with van der Waals surface area (Å²) in [6.07, 6.45) is -3.37. The van der Waals surface area contributed by atoms with Gasteiger partial charge in [-0.3, -0.25) is 5.32 Å². The van der Waals surface area contributed by atoms with Gasteiger partial charge in [0.05, 0.1) is 6.04 Å². The van der Waals surface area contributed by atoms with Crippen LogP contribution in [-0.4, -0.2) is 21.3 Å². The molecule has 2 aromatic rings. The molecule has 0 saturated carbocycles. The Morgan fingerprint density at radius 3 is 2.83 bits per heavy atom. The Morgan fingerprint density at radius 1 is 1.35 bits per heavy atom. The summed E-state index contributed by atoms with van der Waals surface area (Å²) in [5.74, 6) is 0.172. The number of benzene rings is 1. The summed E-state index contributed by atoms with van der Waals surface area (Å²) in [4.78, 5) is 11.9. The van der Waals surface area contributed by atoms with Crippen LogP contribution in [0.3, 0.4) is 0 Å². The molecule has 1 heterocycles. The normalized spacial score (nSPS) is 16.9. The number of hydrogen-bond donors (Lipinski definition) is 3. The average Bonchev–Trinajstić information content (AvgIpc) is 3.07. The Kier molecular flexibility index (Phi) is 3.84. The Hall–Kier alpha value is -2.36. The number of hydrogen-bond acceptors (Lipinski definition) is 5. The molecule has 1 aliphatic rings. The fourth-order valence-corrected chi connectivity index (χ4v) is 3.07. The van der Waals surface area contributed by atoms with Crippen LogP contribution in [-0.2, 0) is 12.6 Å². The molecule has 1 unspecified atom stereocenters. The van der Waals surface area contributed by atoms with Crippen molar-refractivity contribution in [2.45, 2.75) is 25.1 Å². The molecule has 2 amide bonds. The highest BCUT2D eigenvalue weighted by atomic mass is 32.1. The maximum Gasteiger partial charge on any atom is 0.445 e. The fraction of sp³-hybridized carbons (Fsp3) is 0.308. The molecule has 23 heavy (non-hydrogen) atoms. The Bertz CT molecular complexity index is 747. The molecule has 0 fully saturated rings. The number of anilines is 1. The largest absolute Gasteiger partial charge is 0.508 e. The van der Waals surface area contributed by atoms with Gasteiger partial charge < -0.3 is 10.4 Å². The van der Waals surface area contributed by atoms with Crippen LogP contribution in [0.25, 0.3) is 0 Å². The molecule has 0 radical (unpaired) electrons. The van der Waals surface area contributed by atoms with Crippen LogP contribution in [0.4, 0.5) is 23.1 Å². The second-order valence-electron chi connectivity index (χ2n) is 4.94. The number of carbonyl (C=O) groups excluding carboxylic acids is 1. The van der Waals surface area contributed by atoms with Gasteiger partial charge in [0, 0.05) is 0 Å². The number of aromatic hydroxyl groups is 1. The molecular formula is C13H11F3N4O2S. The van der Waals surface area contributed by atoms with Gasteiger partial charge in [-0.1, -0.05) is 23.5 Å². The van der Waals surface area contributed by atoms with Crippen molar-refractivity contribution in [3.05, 3.63) is 34.3 Å². The lowest BCUT2D eigenvalue weighted by Crippen LogP contribution is -2.31. The van der Waals surface area contributed by atoms with E-state index >= 15 is 0 Å². The molecule has 1 aromatic heterocycles. The molecule has 0 bridgehead atoms. The summed E-state index contributed by atoms with van der Waals surface area (Å²) in [7, 11) is 0. The molecular weight excluding hydrogens is 333 g/mol.